The van der Waals surface area contributed by atoms with Gasteiger partial charge < -0.3 is 20.5 Å². The van der Waals surface area contributed by atoms with Crippen molar-refractivity contribution in [2.75, 3.05) is 13.2 Å². The maximum atomic E-state index is 12.9. The third-order valence-electron chi connectivity index (χ3n) is 7.16. The van der Waals surface area contributed by atoms with Gasteiger partial charge in [0.15, 0.2) is 0 Å². The van der Waals surface area contributed by atoms with Crippen LogP contribution in [-0.2, 0) is 14.3 Å². The normalized spacial score (nSPS) is 16.3. The van der Waals surface area contributed by atoms with Crippen molar-refractivity contribution in [2.24, 2.45) is 5.41 Å². The number of nitrogens with one attached hydrogen (secondary N) is 2. The van der Waals surface area contributed by atoms with Crippen molar-refractivity contribution in [3.63, 3.8) is 0 Å². The van der Waals surface area contributed by atoms with E-state index < -0.39 is 23.0 Å². The number of carbonyl (C=O) groups is 3. The van der Waals surface area contributed by atoms with E-state index in [1.54, 1.807) is 0 Å². The Morgan fingerprint density at radius 2 is 1.57 bits per heavy atom. The van der Waals surface area contributed by atoms with E-state index in [4.69, 9.17) is 9.84 Å². The lowest BCUT2D eigenvalue weighted by Crippen LogP contribution is -2.50. The molecule has 3 N–H and O–H groups in total. The van der Waals surface area contributed by atoms with Gasteiger partial charge in [0, 0.05) is 18.9 Å². The smallest absolute Gasteiger partial charge is 0.407 e. The lowest BCUT2D eigenvalue weighted by molar-refractivity contribution is -0.139. The summed E-state index contributed by atoms with van der Waals surface area (Å²) in [4.78, 5) is 36.6. The molecule has 0 saturated heterocycles. The van der Waals surface area contributed by atoms with Crippen LogP contribution in [0.5, 0.6) is 0 Å². The van der Waals surface area contributed by atoms with Crippen molar-refractivity contribution < 1.29 is 24.2 Å². The van der Waals surface area contributed by atoms with Crippen LogP contribution < -0.4 is 10.6 Å². The average molecular weight is 479 g/mol. The first-order chi connectivity index (χ1) is 16.7. The third kappa shape index (κ3) is 5.84. The molecule has 4 rings (SSSR count). The van der Waals surface area contributed by atoms with Gasteiger partial charge in [0.05, 0.1) is 12.0 Å². The molecule has 2 aliphatic rings. The van der Waals surface area contributed by atoms with E-state index in [0.717, 1.165) is 24.0 Å². The number of carboxylic acid groups (broad SMARTS) is 1. The quantitative estimate of drug-likeness (QED) is 0.478. The fourth-order valence-electron chi connectivity index (χ4n) is 5.43. The zero-order valence-electron chi connectivity index (χ0n) is 20.4. The number of alkyl carbamates (subject to hydrolysis) is 1. The predicted octanol–water partition coefficient (Wildman–Crippen LogP) is 4.85. The summed E-state index contributed by atoms with van der Waals surface area (Å²) in [7, 11) is 0. The standard InChI is InChI=1S/C28H34N2O5/c1-27(2,16-25(32)33)18-29-24(31)15-28(13-7-8-14-28)30-26(34)35-17-23-21-11-5-3-9-19(21)20-10-4-6-12-22(20)23/h3-6,9-12,23H,7-8,13-18H2,1-2H3,(H,29,31)(H,30,34)(H,32,33). The molecule has 2 aromatic carbocycles. The zero-order chi connectivity index (χ0) is 25.1. The van der Waals surface area contributed by atoms with Crippen molar-refractivity contribution in [1.29, 1.82) is 0 Å². The number of benzene rings is 2. The molecule has 2 aliphatic carbocycles. The van der Waals surface area contributed by atoms with Crippen molar-refractivity contribution in [3.05, 3.63) is 59.7 Å². The molecular formula is C28H34N2O5. The molecule has 35 heavy (non-hydrogen) atoms. The molecule has 0 radical (unpaired) electrons. The first-order valence-electron chi connectivity index (χ1n) is 12.3. The number of hydrogen-bond acceptors (Lipinski definition) is 4. The van der Waals surface area contributed by atoms with E-state index in [1.165, 1.54) is 11.1 Å². The Morgan fingerprint density at radius 3 is 2.14 bits per heavy atom. The Labute approximate surface area is 206 Å². The average Bonchev–Trinajstić information content (AvgIpc) is 3.38. The number of ether oxygens (including phenoxy) is 1. The fourth-order valence-corrected chi connectivity index (χ4v) is 5.43. The molecule has 0 heterocycles. The molecule has 0 atom stereocenters. The summed E-state index contributed by atoms with van der Waals surface area (Å²) < 4.78 is 5.72. The van der Waals surface area contributed by atoms with Crippen LogP contribution in [0.3, 0.4) is 0 Å². The second kappa shape index (κ2) is 10.1. The number of aliphatic carboxylic acids is 1. The van der Waals surface area contributed by atoms with Gasteiger partial charge in [-0.25, -0.2) is 4.79 Å². The number of fused-ring (bicyclic) bond motifs is 3. The summed E-state index contributed by atoms with van der Waals surface area (Å²) in [5.41, 5.74) is 3.47. The summed E-state index contributed by atoms with van der Waals surface area (Å²) in [6, 6.07) is 16.4. The van der Waals surface area contributed by atoms with E-state index in [0.29, 0.717) is 12.8 Å². The maximum Gasteiger partial charge on any atom is 0.407 e. The summed E-state index contributed by atoms with van der Waals surface area (Å²) in [6.45, 7) is 4.11. The minimum Gasteiger partial charge on any atom is -0.481 e. The van der Waals surface area contributed by atoms with Gasteiger partial charge in [-0.3, -0.25) is 9.59 Å². The van der Waals surface area contributed by atoms with Crippen LogP contribution in [0.1, 0.15) is 69.4 Å². The van der Waals surface area contributed by atoms with Crippen LogP contribution >= 0.6 is 0 Å². The molecular weight excluding hydrogens is 444 g/mol. The van der Waals surface area contributed by atoms with E-state index in [-0.39, 0.29) is 37.8 Å². The number of carboxylic acids is 1. The molecule has 1 saturated carbocycles. The second-order valence-electron chi connectivity index (χ2n) is 10.6. The molecule has 0 bridgehead atoms. The van der Waals surface area contributed by atoms with Crippen molar-refractivity contribution in [1.82, 2.24) is 10.6 Å². The van der Waals surface area contributed by atoms with Gasteiger partial charge >= 0.3 is 12.1 Å². The highest BCUT2D eigenvalue weighted by Gasteiger charge is 2.39. The third-order valence-corrected chi connectivity index (χ3v) is 7.16. The van der Waals surface area contributed by atoms with Crippen LogP contribution in [0.2, 0.25) is 0 Å². The van der Waals surface area contributed by atoms with E-state index >= 15 is 0 Å². The molecule has 0 aromatic heterocycles. The number of rotatable bonds is 9. The van der Waals surface area contributed by atoms with E-state index in [1.807, 2.05) is 38.1 Å². The molecule has 2 amide bonds. The molecule has 0 aliphatic heterocycles. The lowest BCUT2D eigenvalue weighted by Gasteiger charge is -2.30. The Balaban J connectivity index is 1.36. The molecule has 0 unspecified atom stereocenters. The van der Waals surface area contributed by atoms with Crippen molar-refractivity contribution in [2.45, 2.75) is 63.8 Å². The molecule has 1 fully saturated rings. The Bertz CT molecular complexity index is 1060. The second-order valence-corrected chi connectivity index (χ2v) is 10.6. The summed E-state index contributed by atoms with van der Waals surface area (Å²) >= 11 is 0. The van der Waals surface area contributed by atoms with Gasteiger partial charge in [0.1, 0.15) is 6.61 Å². The van der Waals surface area contributed by atoms with Crippen molar-refractivity contribution in [3.8, 4) is 11.1 Å². The van der Waals surface area contributed by atoms with E-state index in [2.05, 4.69) is 34.9 Å². The highest BCUT2D eigenvalue weighted by Crippen LogP contribution is 2.44. The Hall–Kier alpha value is -3.35. The first-order valence-corrected chi connectivity index (χ1v) is 12.3. The van der Waals surface area contributed by atoms with Gasteiger partial charge in [-0.15, -0.1) is 0 Å². The van der Waals surface area contributed by atoms with Crippen LogP contribution in [-0.4, -0.2) is 41.8 Å². The predicted molar refractivity (Wildman–Crippen MR) is 133 cm³/mol. The number of carbonyl (C=O) groups excluding carboxylic acids is 2. The van der Waals surface area contributed by atoms with Crippen LogP contribution in [0, 0.1) is 5.41 Å². The Morgan fingerprint density at radius 1 is 1.00 bits per heavy atom. The minimum atomic E-state index is -0.895. The molecule has 0 spiro atoms. The van der Waals surface area contributed by atoms with Gasteiger partial charge in [-0.2, -0.15) is 0 Å². The summed E-state index contributed by atoms with van der Waals surface area (Å²) in [5.74, 6) is -1.11. The highest BCUT2D eigenvalue weighted by atomic mass is 16.5. The molecule has 2 aromatic rings. The summed E-state index contributed by atoms with van der Waals surface area (Å²) in [6.07, 6.45) is 2.90. The first kappa shape index (κ1) is 24.8. The van der Waals surface area contributed by atoms with Crippen LogP contribution in [0.15, 0.2) is 48.5 Å². The minimum absolute atomic E-state index is 0.0209. The molecule has 186 valence electrons. The number of hydrogen-bond donors (Lipinski definition) is 3. The Kier molecular flexibility index (Phi) is 7.15. The zero-order valence-corrected chi connectivity index (χ0v) is 20.4. The maximum absolute atomic E-state index is 12.9. The monoisotopic (exact) mass is 478 g/mol. The molecule has 7 heteroatoms. The van der Waals surface area contributed by atoms with E-state index in [9.17, 15) is 14.4 Å². The van der Waals surface area contributed by atoms with Crippen molar-refractivity contribution >= 4 is 18.0 Å². The van der Waals surface area contributed by atoms with Gasteiger partial charge in [0.25, 0.3) is 0 Å². The van der Waals surface area contributed by atoms with Crippen LogP contribution in [0.25, 0.3) is 11.1 Å². The SMILES string of the molecule is CC(C)(CNC(=O)CC1(NC(=O)OCC2c3ccccc3-c3ccccc32)CCCC1)CC(=O)O. The fraction of sp³-hybridized carbons (Fsp3) is 0.464. The molecule has 7 nitrogen and oxygen atoms in total. The topological polar surface area (TPSA) is 105 Å². The highest BCUT2D eigenvalue weighted by molar-refractivity contribution is 5.80. The number of amides is 2. The van der Waals surface area contributed by atoms with Gasteiger partial charge in [-0.1, -0.05) is 75.2 Å². The van der Waals surface area contributed by atoms with Gasteiger partial charge in [0.2, 0.25) is 5.91 Å². The summed E-state index contributed by atoms with van der Waals surface area (Å²) in [5, 5.41) is 14.9. The van der Waals surface area contributed by atoms with Gasteiger partial charge in [-0.05, 0) is 40.5 Å². The largest absolute Gasteiger partial charge is 0.481 e. The van der Waals surface area contributed by atoms with Crippen LogP contribution in [0.4, 0.5) is 4.79 Å². The lowest BCUT2D eigenvalue weighted by atomic mass is 9.88.